The fourth-order valence-electron chi connectivity index (χ4n) is 3.16. The number of hydrogen-bond acceptors (Lipinski definition) is 4. The van der Waals surface area contributed by atoms with Crippen LogP contribution in [-0.4, -0.2) is 16.7 Å². The molecule has 6 heteroatoms. The van der Waals surface area contributed by atoms with Crippen LogP contribution in [0.15, 0.2) is 69.9 Å². The number of nitrogens with two attached hydrogens (primary N) is 1. The summed E-state index contributed by atoms with van der Waals surface area (Å²) in [5, 5.41) is 1.93. The molecule has 0 fully saturated rings. The number of nitrogens with zero attached hydrogens (tertiary/aromatic N) is 1. The smallest absolute Gasteiger partial charge is 0.232 e. The van der Waals surface area contributed by atoms with E-state index >= 15 is 0 Å². The number of fused-ring (bicyclic) bond motifs is 2. The number of carbonyl (C=O) groups is 2. The van der Waals surface area contributed by atoms with E-state index in [4.69, 9.17) is 14.6 Å². The maximum absolute atomic E-state index is 12.6. The Morgan fingerprint density at radius 1 is 0.815 bits per heavy atom. The molecule has 0 bridgehead atoms. The highest BCUT2D eigenvalue weighted by Gasteiger charge is 2.17. The largest absolute Gasteiger partial charge is 0.464 e. The van der Waals surface area contributed by atoms with Gasteiger partial charge in [0.25, 0.3) is 0 Å². The van der Waals surface area contributed by atoms with Gasteiger partial charge < -0.3 is 19.5 Å². The Balaban J connectivity index is 1.60. The number of benzene rings is 2. The summed E-state index contributed by atoms with van der Waals surface area (Å²) in [7, 11) is 0. The molecule has 27 heavy (non-hydrogen) atoms. The SMILES string of the molecule is NC(=O)CC(=O)N(Cc1ccc2occc2c1)Cc1ccc2occc2c1. The molecular weight excluding hydrogens is 344 g/mol. The summed E-state index contributed by atoms with van der Waals surface area (Å²) in [5.74, 6) is -0.942. The van der Waals surface area contributed by atoms with Gasteiger partial charge in [-0.3, -0.25) is 9.59 Å². The van der Waals surface area contributed by atoms with Gasteiger partial charge in [0.15, 0.2) is 0 Å². The summed E-state index contributed by atoms with van der Waals surface area (Å²) in [4.78, 5) is 25.5. The average molecular weight is 362 g/mol. The second-order valence-corrected chi connectivity index (χ2v) is 6.48. The maximum Gasteiger partial charge on any atom is 0.232 e. The topological polar surface area (TPSA) is 89.7 Å². The Morgan fingerprint density at radius 2 is 1.33 bits per heavy atom. The molecule has 4 aromatic rings. The highest BCUT2D eigenvalue weighted by molar-refractivity contribution is 5.96. The van der Waals surface area contributed by atoms with Crippen molar-refractivity contribution in [3.05, 3.63) is 72.2 Å². The van der Waals surface area contributed by atoms with E-state index in [9.17, 15) is 9.59 Å². The van der Waals surface area contributed by atoms with Gasteiger partial charge in [0.1, 0.15) is 17.6 Å². The van der Waals surface area contributed by atoms with E-state index < -0.39 is 5.91 Å². The maximum atomic E-state index is 12.6. The quantitative estimate of drug-likeness (QED) is 0.531. The summed E-state index contributed by atoms with van der Waals surface area (Å²) < 4.78 is 10.7. The average Bonchev–Trinajstić information content (AvgIpc) is 3.28. The molecule has 0 radical (unpaired) electrons. The number of furan rings is 2. The Kier molecular flexibility index (Phi) is 4.38. The zero-order valence-corrected chi connectivity index (χ0v) is 14.6. The molecule has 2 heterocycles. The summed E-state index contributed by atoms with van der Waals surface area (Å²) in [5.41, 5.74) is 8.71. The summed E-state index contributed by atoms with van der Waals surface area (Å²) in [6, 6.07) is 15.3. The zero-order valence-electron chi connectivity index (χ0n) is 14.6. The normalized spacial score (nSPS) is 11.1. The molecule has 136 valence electrons. The minimum absolute atomic E-state index is 0.304. The van der Waals surface area contributed by atoms with E-state index in [0.29, 0.717) is 13.1 Å². The van der Waals surface area contributed by atoms with Crippen molar-refractivity contribution < 1.29 is 18.4 Å². The monoisotopic (exact) mass is 362 g/mol. The summed E-state index contributed by atoms with van der Waals surface area (Å²) in [6.07, 6.45) is 2.94. The number of amides is 2. The number of carbonyl (C=O) groups excluding carboxylic acids is 2. The first kappa shape index (κ1) is 16.9. The van der Waals surface area contributed by atoms with Crippen LogP contribution in [0.3, 0.4) is 0 Å². The van der Waals surface area contributed by atoms with Crippen molar-refractivity contribution in [3.63, 3.8) is 0 Å². The van der Waals surface area contributed by atoms with Crippen LogP contribution in [0.5, 0.6) is 0 Å². The minimum Gasteiger partial charge on any atom is -0.464 e. The first-order valence-corrected chi connectivity index (χ1v) is 8.57. The molecule has 2 amide bonds. The lowest BCUT2D eigenvalue weighted by molar-refractivity contribution is -0.136. The van der Waals surface area contributed by atoms with Crippen LogP contribution >= 0.6 is 0 Å². The molecule has 2 aromatic heterocycles. The third-order valence-corrected chi connectivity index (χ3v) is 4.46. The molecule has 0 aliphatic rings. The van der Waals surface area contributed by atoms with Gasteiger partial charge in [-0.2, -0.15) is 0 Å². The van der Waals surface area contributed by atoms with Crippen molar-refractivity contribution in [2.75, 3.05) is 0 Å². The van der Waals surface area contributed by atoms with Crippen LogP contribution in [0.2, 0.25) is 0 Å². The standard InChI is InChI=1S/C21H18N2O4/c22-20(24)11-21(25)23(12-14-1-3-18-16(9-14)5-7-26-18)13-15-2-4-19-17(10-15)6-8-27-19/h1-10H,11-13H2,(H2,22,24). The first-order chi connectivity index (χ1) is 13.1. The third-order valence-electron chi connectivity index (χ3n) is 4.46. The number of hydrogen-bond donors (Lipinski definition) is 1. The molecule has 6 nitrogen and oxygen atoms in total. The minimum atomic E-state index is -0.638. The molecule has 4 rings (SSSR count). The Morgan fingerprint density at radius 3 is 1.81 bits per heavy atom. The molecule has 0 aliphatic carbocycles. The van der Waals surface area contributed by atoms with Crippen molar-refractivity contribution in [2.45, 2.75) is 19.5 Å². The molecule has 2 N–H and O–H groups in total. The van der Waals surface area contributed by atoms with Crippen LogP contribution in [0.25, 0.3) is 21.9 Å². The van der Waals surface area contributed by atoms with Crippen LogP contribution < -0.4 is 5.73 Å². The predicted octanol–water partition coefficient (Wildman–Crippen LogP) is 3.58. The van der Waals surface area contributed by atoms with Gasteiger partial charge in [0, 0.05) is 23.9 Å². The molecular formula is C21H18N2O4. The fraction of sp³-hybridized carbons (Fsp3) is 0.143. The van der Waals surface area contributed by atoms with Crippen molar-refractivity contribution in [3.8, 4) is 0 Å². The van der Waals surface area contributed by atoms with Crippen LogP contribution in [0.4, 0.5) is 0 Å². The Bertz CT molecular complexity index is 1050. The second kappa shape index (κ2) is 6.99. The van der Waals surface area contributed by atoms with Gasteiger partial charge >= 0.3 is 0 Å². The van der Waals surface area contributed by atoms with Crippen molar-refractivity contribution >= 4 is 33.8 Å². The van der Waals surface area contributed by atoms with Crippen LogP contribution in [-0.2, 0) is 22.7 Å². The van der Waals surface area contributed by atoms with E-state index in [0.717, 1.165) is 33.1 Å². The van der Waals surface area contributed by atoms with E-state index in [-0.39, 0.29) is 12.3 Å². The third kappa shape index (κ3) is 3.69. The van der Waals surface area contributed by atoms with Crippen molar-refractivity contribution in [1.82, 2.24) is 4.90 Å². The molecule has 2 aromatic carbocycles. The van der Waals surface area contributed by atoms with Gasteiger partial charge in [-0.05, 0) is 47.5 Å². The van der Waals surface area contributed by atoms with Gasteiger partial charge in [-0.15, -0.1) is 0 Å². The molecule has 0 saturated carbocycles. The summed E-state index contributed by atoms with van der Waals surface area (Å²) in [6.45, 7) is 0.743. The molecule has 0 saturated heterocycles. The van der Waals surface area contributed by atoms with E-state index in [1.807, 2.05) is 48.5 Å². The lowest BCUT2D eigenvalue weighted by Gasteiger charge is -2.23. The van der Waals surface area contributed by atoms with Gasteiger partial charge in [0.2, 0.25) is 11.8 Å². The van der Waals surface area contributed by atoms with E-state index in [1.54, 1.807) is 17.4 Å². The fourth-order valence-corrected chi connectivity index (χ4v) is 3.16. The van der Waals surface area contributed by atoms with E-state index in [1.165, 1.54) is 0 Å². The van der Waals surface area contributed by atoms with Crippen molar-refractivity contribution in [1.29, 1.82) is 0 Å². The number of primary amides is 1. The van der Waals surface area contributed by atoms with Crippen molar-refractivity contribution in [2.24, 2.45) is 5.73 Å². The second-order valence-electron chi connectivity index (χ2n) is 6.48. The molecule has 0 aliphatic heterocycles. The van der Waals surface area contributed by atoms with Gasteiger partial charge in [-0.25, -0.2) is 0 Å². The lowest BCUT2D eigenvalue weighted by Crippen LogP contribution is -2.33. The predicted molar refractivity (Wildman–Crippen MR) is 100 cm³/mol. The highest BCUT2D eigenvalue weighted by Crippen LogP contribution is 2.21. The van der Waals surface area contributed by atoms with E-state index in [2.05, 4.69) is 0 Å². The summed E-state index contributed by atoms with van der Waals surface area (Å²) >= 11 is 0. The Labute approximate surface area is 155 Å². The van der Waals surface area contributed by atoms with Gasteiger partial charge in [0.05, 0.1) is 12.5 Å². The zero-order chi connectivity index (χ0) is 18.8. The Hall–Kier alpha value is -3.54. The molecule has 0 spiro atoms. The number of rotatable bonds is 6. The first-order valence-electron chi connectivity index (χ1n) is 8.57. The highest BCUT2D eigenvalue weighted by atomic mass is 16.3. The van der Waals surface area contributed by atoms with Crippen LogP contribution in [0, 0.1) is 0 Å². The molecule has 0 atom stereocenters. The van der Waals surface area contributed by atoms with Gasteiger partial charge in [-0.1, -0.05) is 12.1 Å². The lowest BCUT2D eigenvalue weighted by atomic mass is 10.1. The van der Waals surface area contributed by atoms with Crippen LogP contribution in [0.1, 0.15) is 17.5 Å². The molecule has 0 unspecified atom stereocenters.